The summed E-state index contributed by atoms with van der Waals surface area (Å²) in [5.74, 6) is 0. The number of nitrogens with zero attached hydrogens (tertiary/aromatic N) is 1. The lowest BCUT2D eigenvalue weighted by Gasteiger charge is -2.35. The molecule has 2 aromatic rings. The van der Waals surface area contributed by atoms with Crippen LogP contribution < -0.4 is 0 Å². The topological polar surface area (TPSA) is 4.93 Å². The maximum absolute atomic E-state index is 2.69. The van der Waals surface area contributed by atoms with Crippen molar-refractivity contribution in [3.05, 3.63) is 47.7 Å². The Bertz CT molecular complexity index is 778. The zero-order valence-electron chi connectivity index (χ0n) is 19.6. The highest BCUT2D eigenvalue weighted by atomic mass is 15.1. The van der Waals surface area contributed by atoms with E-state index in [1.54, 1.807) is 0 Å². The molecule has 0 saturated heterocycles. The van der Waals surface area contributed by atoms with Crippen molar-refractivity contribution in [2.75, 3.05) is 0 Å². The van der Waals surface area contributed by atoms with Crippen LogP contribution in [0.25, 0.3) is 23.1 Å². The van der Waals surface area contributed by atoms with E-state index in [0.717, 1.165) is 0 Å². The summed E-state index contributed by atoms with van der Waals surface area (Å²) in [5.41, 5.74) is 4.30. The van der Waals surface area contributed by atoms with Gasteiger partial charge in [-0.05, 0) is 45.8 Å². The van der Waals surface area contributed by atoms with E-state index in [0.29, 0.717) is 0 Å². The average Bonchev–Trinajstić information content (AvgIpc) is 3.03. The predicted molar refractivity (Wildman–Crippen MR) is 133 cm³/mol. The number of unbranched alkanes of at least 4 members (excludes halogenated alkanes) is 6. The molecule has 0 radical (unpaired) electrons. The minimum Gasteiger partial charge on any atom is -0.335 e. The predicted octanol–water partition coefficient (Wildman–Crippen LogP) is 9.36. The highest BCUT2D eigenvalue weighted by Gasteiger charge is 2.30. The van der Waals surface area contributed by atoms with Crippen LogP contribution in [0.15, 0.2) is 36.4 Å². The van der Waals surface area contributed by atoms with Crippen LogP contribution in [-0.2, 0) is 5.54 Å². The SMILES string of the molecule is C/C=C\c1c(/C=C\C)n(C(C)(CCCCCC)CCCCCC)c2ccccc12. The molecule has 0 aliphatic heterocycles. The molecule has 1 nitrogen and oxygen atoms in total. The maximum Gasteiger partial charge on any atom is 0.0496 e. The molecule has 0 bridgehead atoms. The maximum atomic E-state index is 2.69. The number of benzene rings is 1. The molecule has 1 heterocycles. The molecule has 0 aliphatic carbocycles. The Balaban J connectivity index is 2.56. The van der Waals surface area contributed by atoms with E-state index >= 15 is 0 Å². The fourth-order valence-corrected chi connectivity index (χ4v) is 4.74. The Kier molecular flexibility index (Phi) is 9.78. The van der Waals surface area contributed by atoms with Gasteiger partial charge in [0.05, 0.1) is 0 Å². The Hall–Kier alpha value is -1.76. The van der Waals surface area contributed by atoms with Crippen molar-refractivity contribution < 1.29 is 0 Å². The first-order chi connectivity index (χ1) is 14.1. The first kappa shape index (κ1) is 23.5. The summed E-state index contributed by atoms with van der Waals surface area (Å²) in [5, 5.41) is 1.38. The third-order valence-corrected chi connectivity index (χ3v) is 6.29. The summed E-state index contributed by atoms with van der Waals surface area (Å²) in [7, 11) is 0. The van der Waals surface area contributed by atoms with E-state index < -0.39 is 0 Å². The molecule has 0 saturated carbocycles. The first-order valence-electron chi connectivity index (χ1n) is 12.0. The summed E-state index contributed by atoms with van der Waals surface area (Å²) in [4.78, 5) is 0. The molecule has 0 aliphatic rings. The first-order valence-corrected chi connectivity index (χ1v) is 12.0. The van der Waals surface area contributed by atoms with Gasteiger partial charge in [-0.2, -0.15) is 0 Å². The van der Waals surface area contributed by atoms with E-state index in [1.165, 1.54) is 86.4 Å². The van der Waals surface area contributed by atoms with Crippen LogP contribution in [0.1, 0.15) is 110 Å². The van der Waals surface area contributed by atoms with Gasteiger partial charge >= 0.3 is 0 Å². The molecule has 0 amide bonds. The van der Waals surface area contributed by atoms with Gasteiger partial charge in [-0.1, -0.05) is 102 Å². The Labute approximate surface area is 179 Å². The van der Waals surface area contributed by atoms with Crippen molar-refractivity contribution >= 4 is 23.1 Å². The van der Waals surface area contributed by atoms with Gasteiger partial charge in [0.2, 0.25) is 0 Å². The quantitative estimate of drug-likeness (QED) is 0.299. The van der Waals surface area contributed by atoms with Gasteiger partial charge < -0.3 is 4.57 Å². The molecule has 29 heavy (non-hydrogen) atoms. The third-order valence-electron chi connectivity index (χ3n) is 6.29. The minimum absolute atomic E-state index is 0.162. The summed E-state index contributed by atoms with van der Waals surface area (Å²) in [6.07, 6.45) is 22.2. The second kappa shape index (κ2) is 12.1. The normalized spacial score (nSPS) is 12.7. The highest BCUT2D eigenvalue weighted by molar-refractivity contribution is 5.94. The summed E-state index contributed by atoms with van der Waals surface area (Å²) in [6.45, 7) is 11.4. The van der Waals surface area contributed by atoms with Crippen molar-refractivity contribution in [3.8, 4) is 0 Å². The third kappa shape index (κ3) is 5.87. The van der Waals surface area contributed by atoms with E-state index in [2.05, 4.69) is 87.8 Å². The smallest absolute Gasteiger partial charge is 0.0496 e. The van der Waals surface area contributed by atoms with Crippen molar-refractivity contribution in [1.29, 1.82) is 0 Å². The van der Waals surface area contributed by atoms with Gasteiger partial charge in [-0.3, -0.25) is 0 Å². The monoisotopic (exact) mass is 393 g/mol. The van der Waals surface area contributed by atoms with Crippen LogP contribution in [0.2, 0.25) is 0 Å². The molecule has 0 spiro atoms. The van der Waals surface area contributed by atoms with Gasteiger partial charge in [-0.15, -0.1) is 0 Å². The van der Waals surface area contributed by atoms with Gasteiger partial charge in [0.15, 0.2) is 0 Å². The van der Waals surface area contributed by atoms with E-state index in [-0.39, 0.29) is 5.54 Å². The number of allylic oxidation sites excluding steroid dienone is 2. The number of hydrogen-bond donors (Lipinski definition) is 0. The lowest BCUT2D eigenvalue weighted by molar-refractivity contribution is 0.258. The number of para-hydroxylation sites is 1. The summed E-state index contributed by atoms with van der Waals surface area (Å²) in [6, 6.07) is 9.00. The fourth-order valence-electron chi connectivity index (χ4n) is 4.74. The second-order valence-corrected chi connectivity index (χ2v) is 8.77. The molecule has 1 aromatic heterocycles. The summed E-state index contributed by atoms with van der Waals surface area (Å²) >= 11 is 0. The molecule has 0 fully saturated rings. The number of rotatable bonds is 13. The Morgan fingerprint density at radius 3 is 1.93 bits per heavy atom. The van der Waals surface area contributed by atoms with Crippen molar-refractivity contribution in [2.24, 2.45) is 0 Å². The van der Waals surface area contributed by atoms with Crippen LogP contribution in [-0.4, -0.2) is 4.57 Å². The molecule has 0 N–H and O–H groups in total. The van der Waals surface area contributed by atoms with E-state index in [1.807, 2.05) is 0 Å². The number of aromatic nitrogens is 1. The van der Waals surface area contributed by atoms with Crippen LogP contribution in [0, 0.1) is 0 Å². The van der Waals surface area contributed by atoms with Crippen LogP contribution >= 0.6 is 0 Å². The summed E-state index contributed by atoms with van der Waals surface area (Å²) < 4.78 is 2.69. The van der Waals surface area contributed by atoms with Crippen molar-refractivity contribution in [2.45, 2.75) is 104 Å². The highest BCUT2D eigenvalue weighted by Crippen LogP contribution is 2.39. The molecule has 1 aromatic carbocycles. The number of hydrogen-bond acceptors (Lipinski definition) is 0. The van der Waals surface area contributed by atoms with E-state index in [9.17, 15) is 0 Å². The lowest BCUT2D eigenvalue weighted by atomic mass is 9.87. The van der Waals surface area contributed by atoms with Crippen molar-refractivity contribution in [3.63, 3.8) is 0 Å². The molecule has 0 atom stereocenters. The van der Waals surface area contributed by atoms with Gasteiger partial charge in [0.1, 0.15) is 0 Å². The molecular weight excluding hydrogens is 350 g/mol. The largest absolute Gasteiger partial charge is 0.335 e. The van der Waals surface area contributed by atoms with E-state index in [4.69, 9.17) is 0 Å². The van der Waals surface area contributed by atoms with Gasteiger partial charge in [-0.25, -0.2) is 0 Å². The van der Waals surface area contributed by atoms with Crippen molar-refractivity contribution in [1.82, 2.24) is 4.57 Å². The molecule has 1 heteroatoms. The zero-order chi connectivity index (χ0) is 21.1. The standard InChI is InChI=1S/C28H43N/c1-6-10-12-16-22-28(5,23-17-13-11-7-2)29-26(19-9-4)24(18-8-3)25-20-14-15-21-27(25)29/h8-9,14-15,18-21H,6-7,10-13,16-17,22-23H2,1-5H3/b18-8-,19-9-. The molecule has 2 rings (SSSR count). The Morgan fingerprint density at radius 2 is 1.38 bits per heavy atom. The Morgan fingerprint density at radius 1 is 0.793 bits per heavy atom. The average molecular weight is 394 g/mol. The van der Waals surface area contributed by atoms with Gasteiger partial charge in [0.25, 0.3) is 0 Å². The zero-order valence-corrected chi connectivity index (χ0v) is 19.6. The van der Waals surface area contributed by atoms with Crippen LogP contribution in [0.5, 0.6) is 0 Å². The van der Waals surface area contributed by atoms with Crippen LogP contribution in [0.4, 0.5) is 0 Å². The molecular formula is C28H43N. The second-order valence-electron chi connectivity index (χ2n) is 8.77. The number of fused-ring (bicyclic) bond motifs is 1. The molecule has 0 unspecified atom stereocenters. The van der Waals surface area contributed by atoms with Crippen LogP contribution in [0.3, 0.4) is 0 Å². The fraction of sp³-hybridized carbons (Fsp3) is 0.571. The minimum atomic E-state index is 0.162. The lowest BCUT2D eigenvalue weighted by Crippen LogP contribution is -2.31. The molecule has 160 valence electrons. The van der Waals surface area contributed by atoms with Gasteiger partial charge in [0, 0.05) is 27.7 Å².